The standard InChI is InChI=1S/C17H15FN4O/c1-12-19-9-10-22(12)17-15(3-2-8-20-17)21-16(23)11-13-4-6-14(18)7-5-13/h2-10H,11H2,1H3,(H,21,23). The number of benzene rings is 1. The first-order valence-corrected chi connectivity index (χ1v) is 7.13. The van der Waals surface area contributed by atoms with Gasteiger partial charge in [-0.25, -0.2) is 14.4 Å². The Balaban J connectivity index is 1.79. The van der Waals surface area contributed by atoms with Gasteiger partial charge in [-0.3, -0.25) is 9.36 Å². The lowest BCUT2D eigenvalue weighted by molar-refractivity contribution is -0.115. The van der Waals surface area contributed by atoms with Crippen LogP contribution in [0.25, 0.3) is 5.82 Å². The summed E-state index contributed by atoms with van der Waals surface area (Å²) in [5.74, 6) is 0.871. The molecule has 0 saturated heterocycles. The maximum Gasteiger partial charge on any atom is 0.228 e. The lowest BCUT2D eigenvalue weighted by atomic mass is 10.1. The van der Waals surface area contributed by atoms with Crippen LogP contribution in [-0.4, -0.2) is 20.4 Å². The molecule has 3 aromatic rings. The number of rotatable bonds is 4. The molecule has 0 spiro atoms. The molecule has 0 aliphatic heterocycles. The number of imidazole rings is 1. The van der Waals surface area contributed by atoms with E-state index in [1.54, 1.807) is 47.4 Å². The van der Waals surface area contributed by atoms with Crippen molar-refractivity contribution >= 4 is 11.6 Å². The Bertz CT molecular complexity index is 827. The van der Waals surface area contributed by atoms with Crippen molar-refractivity contribution in [3.63, 3.8) is 0 Å². The fourth-order valence-corrected chi connectivity index (χ4v) is 2.27. The predicted octanol–water partition coefficient (Wildman–Crippen LogP) is 2.90. The van der Waals surface area contributed by atoms with E-state index in [9.17, 15) is 9.18 Å². The molecule has 0 atom stereocenters. The Morgan fingerprint density at radius 2 is 1.96 bits per heavy atom. The number of nitrogens with zero attached hydrogens (tertiary/aromatic N) is 3. The molecule has 0 bridgehead atoms. The minimum Gasteiger partial charge on any atom is -0.323 e. The van der Waals surface area contributed by atoms with Gasteiger partial charge in [0.15, 0.2) is 5.82 Å². The molecule has 0 saturated carbocycles. The highest BCUT2D eigenvalue weighted by atomic mass is 19.1. The number of aryl methyl sites for hydroxylation is 1. The fraction of sp³-hybridized carbons (Fsp3) is 0.118. The van der Waals surface area contributed by atoms with Crippen LogP contribution in [0.4, 0.5) is 10.1 Å². The van der Waals surface area contributed by atoms with Gasteiger partial charge in [0, 0.05) is 18.6 Å². The summed E-state index contributed by atoms with van der Waals surface area (Å²) in [5, 5.41) is 2.85. The molecular weight excluding hydrogens is 295 g/mol. The first-order valence-electron chi connectivity index (χ1n) is 7.13. The normalized spacial score (nSPS) is 10.5. The van der Waals surface area contributed by atoms with E-state index in [0.29, 0.717) is 11.5 Å². The SMILES string of the molecule is Cc1nccn1-c1ncccc1NC(=O)Cc1ccc(F)cc1. The van der Waals surface area contributed by atoms with E-state index in [4.69, 9.17) is 0 Å². The third-order valence-corrected chi connectivity index (χ3v) is 3.39. The summed E-state index contributed by atoms with van der Waals surface area (Å²) in [6.07, 6.45) is 5.28. The monoisotopic (exact) mass is 310 g/mol. The number of anilines is 1. The van der Waals surface area contributed by atoms with Gasteiger partial charge in [0.1, 0.15) is 11.6 Å². The van der Waals surface area contributed by atoms with E-state index in [0.717, 1.165) is 11.4 Å². The van der Waals surface area contributed by atoms with Gasteiger partial charge < -0.3 is 5.32 Å². The minimum absolute atomic E-state index is 0.164. The van der Waals surface area contributed by atoms with Crippen LogP contribution in [0, 0.1) is 12.7 Å². The molecule has 2 aromatic heterocycles. The van der Waals surface area contributed by atoms with E-state index in [-0.39, 0.29) is 18.1 Å². The first kappa shape index (κ1) is 14.9. The quantitative estimate of drug-likeness (QED) is 0.806. The van der Waals surface area contributed by atoms with Crippen molar-refractivity contribution in [2.24, 2.45) is 0 Å². The summed E-state index contributed by atoms with van der Waals surface area (Å²) >= 11 is 0. The highest BCUT2D eigenvalue weighted by Gasteiger charge is 2.11. The van der Waals surface area contributed by atoms with E-state index in [1.807, 2.05) is 6.92 Å². The van der Waals surface area contributed by atoms with Crippen LogP contribution in [0.2, 0.25) is 0 Å². The van der Waals surface area contributed by atoms with E-state index < -0.39 is 0 Å². The highest BCUT2D eigenvalue weighted by Crippen LogP contribution is 2.18. The average Bonchev–Trinajstić information content (AvgIpc) is 2.96. The zero-order valence-electron chi connectivity index (χ0n) is 12.5. The zero-order valence-corrected chi connectivity index (χ0v) is 12.5. The molecule has 1 N–H and O–H groups in total. The van der Waals surface area contributed by atoms with Gasteiger partial charge in [-0.15, -0.1) is 0 Å². The maximum atomic E-state index is 12.9. The zero-order chi connectivity index (χ0) is 16.2. The van der Waals surface area contributed by atoms with Crippen molar-refractivity contribution in [3.8, 4) is 5.82 Å². The van der Waals surface area contributed by atoms with Crippen LogP contribution < -0.4 is 5.32 Å². The highest BCUT2D eigenvalue weighted by molar-refractivity contribution is 5.93. The molecule has 5 nitrogen and oxygen atoms in total. The van der Waals surface area contributed by atoms with Gasteiger partial charge >= 0.3 is 0 Å². The second-order valence-electron chi connectivity index (χ2n) is 5.07. The van der Waals surface area contributed by atoms with E-state index in [1.165, 1.54) is 12.1 Å². The summed E-state index contributed by atoms with van der Waals surface area (Å²) < 4.78 is 14.7. The smallest absolute Gasteiger partial charge is 0.228 e. The topological polar surface area (TPSA) is 59.8 Å². The molecule has 116 valence electrons. The molecule has 1 amide bonds. The average molecular weight is 310 g/mol. The minimum atomic E-state index is -0.320. The molecule has 0 fully saturated rings. The summed E-state index contributed by atoms with van der Waals surface area (Å²) in [4.78, 5) is 20.7. The van der Waals surface area contributed by atoms with Gasteiger partial charge in [0.2, 0.25) is 5.91 Å². The summed E-state index contributed by atoms with van der Waals surface area (Å²) in [6.45, 7) is 1.86. The fourth-order valence-electron chi connectivity index (χ4n) is 2.27. The molecule has 2 heterocycles. The number of aromatic nitrogens is 3. The molecular formula is C17H15FN4O. The molecule has 1 aromatic carbocycles. The molecule has 0 aliphatic carbocycles. The van der Waals surface area contributed by atoms with Crippen molar-refractivity contribution in [3.05, 3.63) is 72.2 Å². The summed E-state index contributed by atoms with van der Waals surface area (Å²) in [5.41, 5.74) is 1.34. The van der Waals surface area contributed by atoms with Crippen molar-refractivity contribution in [2.75, 3.05) is 5.32 Å². The Kier molecular flexibility index (Phi) is 4.14. The van der Waals surface area contributed by atoms with Crippen molar-refractivity contribution < 1.29 is 9.18 Å². The van der Waals surface area contributed by atoms with Gasteiger partial charge in [-0.1, -0.05) is 12.1 Å². The molecule has 0 radical (unpaired) electrons. The van der Waals surface area contributed by atoms with Gasteiger partial charge in [-0.05, 0) is 36.8 Å². The maximum absolute atomic E-state index is 12.9. The number of hydrogen-bond donors (Lipinski definition) is 1. The van der Waals surface area contributed by atoms with Crippen molar-refractivity contribution in [2.45, 2.75) is 13.3 Å². The Morgan fingerprint density at radius 1 is 1.17 bits per heavy atom. The van der Waals surface area contributed by atoms with Crippen molar-refractivity contribution in [1.82, 2.24) is 14.5 Å². The lowest BCUT2D eigenvalue weighted by Gasteiger charge is -2.11. The number of carbonyl (C=O) groups is 1. The largest absolute Gasteiger partial charge is 0.323 e. The van der Waals surface area contributed by atoms with E-state index >= 15 is 0 Å². The van der Waals surface area contributed by atoms with Crippen LogP contribution >= 0.6 is 0 Å². The van der Waals surface area contributed by atoms with Gasteiger partial charge in [0.25, 0.3) is 0 Å². The number of halogens is 1. The number of nitrogens with one attached hydrogen (secondary N) is 1. The predicted molar refractivity (Wildman–Crippen MR) is 84.8 cm³/mol. The van der Waals surface area contributed by atoms with E-state index in [2.05, 4.69) is 15.3 Å². The van der Waals surface area contributed by atoms with Crippen LogP contribution in [0.5, 0.6) is 0 Å². The third kappa shape index (κ3) is 3.42. The summed E-state index contributed by atoms with van der Waals surface area (Å²) in [7, 11) is 0. The second kappa shape index (κ2) is 6.39. The Labute approximate surface area is 132 Å². The third-order valence-electron chi connectivity index (χ3n) is 3.39. The lowest BCUT2D eigenvalue weighted by Crippen LogP contribution is -2.16. The first-order chi connectivity index (χ1) is 11.1. The summed E-state index contributed by atoms with van der Waals surface area (Å²) in [6, 6.07) is 9.41. The molecule has 23 heavy (non-hydrogen) atoms. The van der Waals surface area contributed by atoms with Crippen LogP contribution in [0.15, 0.2) is 55.0 Å². The molecule has 6 heteroatoms. The molecule has 0 aliphatic rings. The van der Waals surface area contributed by atoms with Gasteiger partial charge in [0.05, 0.1) is 12.1 Å². The van der Waals surface area contributed by atoms with Crippen LogP contribution in [-0.2, 0) is 11.2 Å². The Morgan fingerprint density at radius 3 is 2.65 bits per heavy atom. The number of amides is 1. The number of pyridine rings is 1. The molecule has 0 unspecified atom stereocenters. The van der Waals surface area contributed by atoms with Crippen LogP contribution in [0.1, 0.15) is 11.4 Å². The number of hydrogen-bond acceptors (Lipinski definition) is 3. The number of carbonyl (C=O) groups excluding carboxylic acids is 1. The second-order valence-corrected chi connectivity index (χ2v) is 5.07. The molecule has 3 rings (SSSR count). The Hall–Kier alpha value is -3.02. The van der Waals surface area contributed by atoms with Crippen LogP contribution in [0.3, 0.4) is 0 Å². The van der Waals surface area contributed by atoms with Crippen molar-refractivity contribution in [1.29, 1.82) is 0 Å². The van der Waals surface area contributed by atoms with Gasteiger partial charge in [-0.2, -0.15) is 0 Å².